The monoisotopic (exact) mass is 405 g/mol. The van der Waals surface area contributed by atoms with Crippen LogP contribution in [-0.4, -0.2) is 25.5 Å². The molecule has 0 N–H and O–H groups in total. The molecule has 0 bridgehead atoms. The maximum Gasteiger partial charge on any atom is 0.331 e. The van der Waals surface area contributed by atoms with E-state index in [0.717, 1.165) is 11.1 Å². The van der Waals surface area contributed by atoms with Gasteiger partial charge in [-0.3, -0.25) is 4.79 Å². The second-order valence-corrected chi connectivity index (χ2v) is 7.32. The number of aryl methyl sites for hydroxylation is 1. The maximum atomic E-state index is 13.6. The van der Waals surface area contributed by atoms with E-state index < -0.39 is 23.1 Å². The Morgan fingerprint density at radius 3 is 2.33 bits per heavy atom. The van der Waals surface area contributed by atoms with Gasteiger partial charge < -0.3 is 9.47 Å². The Kier molecular flexibility index (Phi) is 7.54. The summed E-state index contributed by atoms with van der Waals surface area (Å²) < 4.78 is 10.4. The van der Waals surface area contributed by atoms with Gasteiger partial charge in [0.2, 0.25) is 0 Å². The molecule has 2 rings (SSSR count). The molecule has 0 unspecified atom stereocenters. The summed E-state index contributed by atoms with van der Waals surface area (Å²) in [5.41, 5.74) is 0.449. The summed E-state index contributed by atoms with van der Waals surface area (Å²) in [7, 11) is 1.54. The molecule has 0 aliphatic heterocycles. The van der Waals surface area contributed by atoms with Crippen molar-refractivity contribution in [1.29, 1.82) is 5.26 Å². The molecule has 0 saturated carbocycles. The number of Topliss-reactive ketones (excluding diaryl/α,β-unsaturated/α-hetero) is 1. The van der Waals surface area contributed by atoms with Crippen LogP contribution in [0.5, 0.6) is 5.75 Å². The van der Waals surface area contributed by atoms with Crippen LogP contribution in [0.1, 0.15) is 42.3 Å². The van der Waals surface area contributed by atoms with E-state index >= 15 is 0 Å². The number of carbonyl (C=O) groups is 2. The predicted octanol–water partition coefficient (Wildman–Crippen LogP) is 5.00. The highest BCUT2D eigenvalue weighted by Gasteiger charge is 2.49. The summed E-state index contributed by atoms with van der Waals surface area (Å²) in [5.74, 6) is -0.998. The average molecular weight is 405 g/mol. The van der Waals surface area contributed by atoms with E-state index in [0.29, 0.717) is 11.3 Å². The molecule has 0 fully saturated rings. The Balaban J connectivity index is 2.75. The second-order valence-electron chi connectivity index (χ2n) is 7.32. The number of rotatable bonds is 8. The quantitative estimate of drug-likeness (QED) is 0.351. The number of nitrogens with zero attached hydrogens (tertiary/aromatic N) is 1. The van der Waals surface area contributed by atoms with Gasteiger partial charge in [0, 0.05) is 11.1 Å². The standard InChI is InChI=1S/C25H27NO4/c1-6-30-24(28)25(16-26,17(2)3)22(15-19-9-7-8-18(4)14-19)23(27)20-10-12-21(29-5)13-11-20/h7-15,17H,6H2,1-5H3/b22-15+/t25-/m0/s1. The Bertz CT molecular complexity index is 983. The number of benzene rings is 2. The number of ketones is 1. The van der Waals surface area contributed by atoms with Gasteiger partial charge in [0.1, 0.15) is 5.75 Å². The van der Waals surface area contributed by atoms with Gasteiger partial charge in [-0.05, 0) is 55.7 Å². The van der Waals surface area contributed by atoms with E-state index in [1.165, 1.54) is 0 Å². The van der Waals surface area contributed by atoms with Gasteiger partial charge in [0.25, 0.3) is 0 Å². The molecule has 0 spiro atoms. The third-order valence-corrected chi connectivity index (χ3v) is 5.01. The first-order valence-corrected chi connectivity index (χ1v) is 9.86. The summed E-state index contributed by atoms with van der Waals surface area (Å²) >= 11 is 0. The normalized spacial score (nSPS) is 13.3. The molecule has 0 aliphatic carbocycles. The first-order chi connectivity index (χ1) is 14.3. The van der Waals surface area contributed by atoms with Gasteiger partial charge >= 0.3 is 5.97 Å². The van der Waals surface area contributed by atoms with Crippen LogP contribution >= 0.6 is 0 Å². The number of methoxy groups -OCH3 is 1. The molecule has 30 heavy (non-hydrogen) atoms. The molecule has 5 nitrogen and oxygen atoms in total. The van der Waals surface area contributed by atoms with Crippen molar-refractivity contribution >= 4 is 17.8 Å². The highest BCUT2D eigenvalue weighted by Crippen LogP contribution is 2.40. The lowest BCUT2D eigenvalue weighted by molar-refractivity contribution is -0.151. The van der Waals surface area contributed by atoms with Crippen LogP contribution in [0.4, 0.5) is 0 Å². The van der Waals surface area contributed by atoms with E-state index in [4.69, 9.17) is 9.47 Å². The molecule has 0 amide bonds. The lowest BCUT2D eigenvalue weighted by atomic mass is 9.69. The number of esters is 1. The number of ether oxygens (including phenoxy) is 2. The summed E-state index contributed by atoms with van der Waals surface area (Å²) in [6.07, 6.45) is 1.62. The van der Waals surface area contributed by atoms with Gasteiger partial charge in [-0.1, -0.05) is 43.7 Å². The molecule has 0 aliphatic rings. The Morgan fingerprint density at radius 1 is 1.17 bits per heavy atom. The first kappa shape index (κ1) is 22.9. The molecule has 156 valence electrons. The molecule has 5 heteroatoms. The van der Waals surface area contributed by atoms with Gasteiger partial charge in [0.15, 0.2) is 11.2 Å². The largest absolute Gasteiger partial charge is 0.497 e. The van der Waals surface area contributed by atoms with E-state index in [9.17, 15) is 14.9 Å². The molecule has 0 aromatic heterocycles. The first-order valence-electron chi connectivity index (χ1n) is 9.86. The van der Waals surface area contributed by atoms with Gasteiger partial charge in [-0.15, -0.1) is 0 Å². The van der Waals surface area contributed by atoms with Gasteiger partial charge in [-0.25, -0.2) is 4.79 Å². The average Bonchev–Trinajstić information content (AvgIpc) is 2.73. The molecular weight excluding hydrogens is 378 g/mol. The van der Waals surface area contributed by atoms with Crippen molar-refractivity contribution in [3.05, 3.63) is 70.8 Å². The molecular formula is C25H27NO4. The zero-order valence-electron chi connectivity index (χ0n) is 18.1. The van der Waals surface area contributed by atoms with Crippen LogP contribution in [0, 0.1) is 29.6 Å². The highest BCUT2D eigenvalue weighted by atomic mass is 16.5. The molecule has 1 atom stereocenters. The van der Waals surface area contributed by atoms with Crippen molar-refractivity contribution < 1.29 is 19.1 Å². The van der Waals surface area contributed by atoms with Crippen molar-refractivity contribution in [2.75, 3.05) is 13.7 Å². The predicted molar refractivity (Wildman–Crippen MR) is 116 cm³/mol. The summed E-state index contributed by atoms with van der Waals surface area (Å²) in [6.45, 7) is 7.21. The van der Waals surface area contributed by atoms with Crippen LogP contribution in [0.2, 0.25) is 0 Å². The minimum Gasteiger partial charge on any atom is -0.497 e. The molecule has 2 aromatic rings. The van der Waals surface area contributed by atoms with Crippen molar-refractivity contribution in [2.45, 2.75) is 27.7 Å². The van der Waals surface area contributed by atoms with Crippen LogP contribution in [0.15, 0.2) is 54.1 Å². The van der Waals surface area contributed by atoms with Crippen molar-refractivity contribution in [3.63, 3.8) is 0 Å². The number of hydrogen-bond acceptors (Lipinski definition) is 5. The Hall–Kier alpha value is -3.39. The summed E-state index contributed by atoms with van der Waals surface area (Å²) in [5, 5.41) is 10.2. The van der Waals surface area contributed by atoms with Gasteiger partial charge in [-0.2, -0.15) is 5.26 Å². The Labute approximate surface area is 177 Å². The highest BCUT2D eigenvalue weighted by molar-refractivity contribution is 6.16. The lowest BCUT2D eigenvalue weighted by Crippen LogP contribution is -2.41. The van der Waals surface area contributed by atoms with Crippen molar-refractivity contribution in [1.82, 2.24) is 0 Å². The lowest BCUT2D eigenvalue weighted by Gasteiger charge is -2.30. The molecule has 0 saturated heterocycles. The van der Waals surface area contributed by atoms with Crippen molar-refractivity contribution in [2.24, 2.45) is 11.3 Å². The summed E-state index contributed by atoms with van der Waals surface area (Å²) in [4.78, 5) is 26.6. The van der Waals surface area contributed by atoms with Crippen LogP contribution in [0.25, 0.3) is 6.08 Å². The third kappa shape index (κ3) is 4.60. The zero-order chi connectivity index (χ0) is 22.3. The SMILES string of the molecule is CCOC(=O)[C@](C#N)(/C(=C/c1cccc(C)c1)C(=O)c1ccc(OC)cc1)C(C)C. The topological polar surface area (TPSA) is 76.4 Å². The van der Waals surface area contributed by atoms with Crippen LogP contribution in [0.3, 0.4) is 0 Å². The van der Waals surface area contributed by atoms with E-state index in [2.05, 4.69) is 6.07 Å². The fourth-order valence-corrected chi connectivity index (χ4v) is 3.32. The minimum atomic E-state index is -1.74. The smallest absolute Gasteiger partial charge is 0.331 e. The molecule has 0 radical (unpaired) electrons. The van der Waals surface area contributed by atoms with Crippen LogP contribution < -0.4 is 4.74 Å². The number of carbonyl (C=O) groups excluding carboxylic acids is 2. The van der Waals surface area contributed by atoms with Crippen LogP contribution in [-0.2, 0) is 9.53 Å². The zero-order valence-corrected chi connectivity index (χ0v) is 18.1. The van der Waals surface area contributed by atoms with Crippen molar-refractivity contribution in [3.8, 4) is 11.8 Å². The minimum absolute atomic E-state index is 0.0919. The number of hydrogen-bond donors (Lipinski definition) is 0. The van der Waals surface area contributed by atoms with E-state index in [1.807, 2.05) is 31.2 Å². The van der Waals surface area contributed by atoms with Gasteiger partial charge in [0.05, 0.1) is 19.8 Å². The second kappa shape index (κ2) is 9.89. The maximum absolute atomic E-state index is 13.6. The van der Waals surface area contributed by atoms with E-state index in [-0.39, 0.29) is 12.2 Å². The summed E-state index contributed by atoms with van der Waals surface area (Å²) in [6, 6.07) is 16.2. The molecule has 0 heterocycles. The third-order valence-electron chi connectivity index (χ3n) is 5.01. The number of nitriles is 1. The van der Waals surface area contributed by atoms with E-state index in [1.54, 1.807) is 58.2 Å². The fourth-order valence-electron chi connectivity index (χ4n) is 3.32. The fraction of sp³-hybridized carbons (Fsp3) is 0.320. The molecule has 2 aromatic carbocycles. The Morgan fingerprint density at radius 2 is 1.83 bits per heavy atom.